The third-order valence-electron chi connectivity index (χ3n) is 2.93. The van der Waals surface area contributed by atoms with Crippen LogP contribution in [0.25, 0.3) is 0 Å². The van der Waals surface area contributed by atoms with Crippen LogP contribution in [0.5, 0.6) is 0 Å². The molecule has 0 amide bonds. The van der Waals surface area contributed by atoms with Gasteiger partial charge < -0.3 is 10.4 Å². The van der Waals surface area contributed by atoms with Crippen molar-refractivity contribution in [3.63, 3.8) is 0 Å². The Morgan fingerprint density at radius 3 is 2.62 bits per heavy atom. The van der Waals surface area contributed by atoms with Crippen molar-refractivity contribution >= 4 is 0 Å². The third-order valence-corrected chi connectivity index (χ3v) is 2.93. The lowest BCUT2D eigenvalue weighted by atomic mass is 9.81. The molecule has 0 saturated carbocycles. The molecule has 2 heteroatoms. The summed E-state index contributed by atoms with van der Waals surface area (Å²) in [6.45, 7) is 2.15. The first-order valence-corrected chi connectivity index (χ1v) is 4.74. The summed E-state index contributed by atoms with van der Waals surface area (Å²) in [6, 6.07) is 10.3. The topological polar surface area (TPSA) is 32.3 Å². The Morgan fingerprint density at radius 2 is 2.08 bits per heavy atom. The molecule has 0 bridgehead atoms. The molecular weight excluding hydrogens is 162 g/mol. The number of nitrogens with one attached hydrogen (secondary N) is 1. The minimum absolute atomic E-state index is 0.0265. The van der Waals surface area contributed by atoms with Gasteiger partial charge in [-0.3, -0.25) is 0 Å². The molecule has 13 heavy (non-hydrogen) atoms. The van der Waals surface area contributed by atoms with Crippen LogP contribution in [-0.2, 0) is 5.41 Å². The summed E-state index contributed by atoms with van der Waals surface area (Å²) in [5.74, 6) is 0. The monoisotopic (exact) mass is 177 g/mol. The number of benzene rings is 1. The zero-order valence-electron chi connectivity index (χ0n) is 7.66. The van der Waals surface area contributed by atoms with Crippen LogP contribution in [0.4, 0.5) is 0 Å². The second-order valence-electron chi connectivity index (χ2n) is 3.73. The molecule has 0 radical (unpaired) electrons. The Hall–Kier alpha value is -0.860. The lowest BCUT2D eigenvalue weighted by Gasteiger charge is -2.25. The van der Waals surface area contributed by atoms with E-state index >= 15 is 0 Å². The standard InChI is InChI=1S/C11H15NO/c13-9-11(6-7-12-8-11)10-4-2-1-3-5-10/h1-5,12-13H,6-9H2/t11-/m0/s1. The first kappa shape index (κ1) is 8.73. The minimum Gasteiger partial charge on any atom is -0.395 e. The second-order valence-corrected chi connectivity index (χ2v) is 3.73. The highest BCUT2D eigenvalue weighted by molar-refractivity contribution is 5.27. The highest BCUT2D eigenvalue weighted by Gasteiger charge is 2.34. The van der Waals surface area contributed by atoms with E-state index in [4.69, 9.17) is 0 Å². The second kappa shape index (κ2) is 3.48. The van der Waals surface area contributed by atoms with Crippen molar-refractivity contribution in [2.75, 3.05) is 19.7 Å². The molecule has 0 unspecified atom stereocenters. The number of aliphatic hydroxyl groups excluding tert-OH is 1. The summed E-state index contributed by atoms with van der Waals surface area (Å²) in [5, 5.41) is 12.7. The Kier molecular flexibility index (Phi) is 2.34. The minimum atomic E-state index is -0.0265. The molecular formula is C11H15NO. The Labute approximate surface area is 78.6 Å². The van der Waals surface area contributed by atoms with E-state index in [1.165, 1.54) is 5.56 Å². The molecule has 2 rings (SSSR count). The van der Waals surface area contributed by atoms with E-state index in [1.807, 2.05) is 18.2 Å². The predicted molar refractivity (Wildman–Crippen MR) is 52.7 cm³/mol. The van der Waals surface area contributed by atoms with Crippen LogP contribution < -0.4 is 5.32 Å². The molecule has 0 aliphatic carbocycles. The first-order chi connectivity index (χ1) is 6.37. The van der Waals surface area contributed by atoms with Gasteiger partial charge in [-0.15, -0.1) is 0 Å². The fourth-order valence-corrected chi connectivity index (χ4v) is 2.01. The van der Waals surface area contributed by atoms with Crippen molar-refractivity contribution in [1.82, 2.24) is 5.32 Å². The maximum Gasteiger partial charge on any atom is 0.0540 e. The van der Waals surface area contributed by atoms with Crippen molar-refractivity contribution < 1.29 is 5.11 Å². The highest BCUT2D eigenvalue weighted by atomic mass is 16.3. The van der Waals surface area contributed by atoms with E-state index in [2.05, 4.69) is 17.4 Å². The van der Waals surface area contributed by atoms with E-state index in [0.717, 1.165) is 19.5 Å². The van der Waals surface area contributed by atoms with E-state index in [-0.39, 0.29) is 12.0 Å². The predicted octanol–water partition coefficient (Wildman–Crippen LogP) is 0.910. The molecule has 70 valence electrons. The lowest BCUT2D eigenvalue weighted by molar-refractivity contribution is 0.205. The molecule has 1 fully saturated rings. The summed E-state index contributed by atoms with van der Waals surface area (Å²) in [7, 11) is 0. The average molecular weight is 177 g/mol. The molecule has 2 N–H and O–H groups in total. The summed E-state index contributed by atoms with van der Waals surface area (Å²) in [4.78, 5) is 0. The number of hydrogen-bond donors (Lipinski definition) is 2. The smallest absolute Gasteiger partial charge is 0.0540 e. The Morgan fingerprint density at radius 1 is 1.31 bits per heavy atom. The SMILES string of the molecule is OC[C@]1(c2ccccc2)CCNC1. The molecule has 1 aliphatic rings. The van der Waals surface area contributed by atoms with Gasteiger partial charge in [0.1, 0.15) is 0 Å². The fourth-order valence-electron chi connectivity index (χ4n) is 2.01. The quantitative estimate of drug-likeness (QED) is 0.703. The summed E-state index contributed by atoms with van der Waals surface area (Å²) in [5.41, 5.74) is 1.23. The van der Waals surface area contributed by atoms with Crippen molar-refractivity contribution in [3.8, 4) is 0 Å². The molecule has 1 aromatic rings. The molecule has 1 aromatic carbocycles. The maximum atomic E-state index is 9.43. The summed E-state index contributed by atoms with van der Waals surface area (Å²) < 4.78 is 0. The Bertz CT molecular complexity index is 265. The number of aliphatic hydroxyl groups is 1. The van der Waals surface area contributed by atoms with Crippen LogP contribution in [0, 0.1) is 0 Å². The van der Waals surface area contributed by atoms with Gasteiger partial charge in [-0.1, -0.05) is 30.3 Å². The van der Waals surface area contributed by atoms with Crippen LogP contribution >= 0.6 is 0 Å². The molecule has 1 heterocycles. The average Bonchev–Trinajstić information content (AvgIpc) is 2.69. The van der Waals surface area contributed by atoms with Gasteiger partial charge in [0.15, 0.2) is 0 Å². The van der Waals surface area contributed by atoms with Crippen LogP contribution in [0.2, 0.25) is 0 Å². The van der Waals surface area contributed by atoms with Gasteiger partial charge in [-0.2, -0.15) is 0 Å². The van der Waals surface area contributed by atoms with Crippen LogP contribution in [0.3, 0.4) is 0 Å². The third kappa shape index (κ3) is 1.47. The zero-order valence-corrected chi connectivity index (χ0v) is 7.66. The first-order valence-electron chi connectivity index (χ1n) is 4.74. The number of hydrogen-bond acceptors (Lipinski definition) is 2. The zero-order chi connectivity index (χ0) is 9.15. The van der Waals surface area contributed by atoms with Crippen molar-refractivity contribution in [2.45, 2.75) is 11.8 Å². The molecule has 2 nitrogen and oxygen atoms in total. The van der Waals surface area contributed by atoms with Gasteiger partial charge in [0.05, 0.1) is 6.61 Å². The van der Waals surface area contributed by atoms with Gasteiger partial charge in [0.2, 0.25) is 0 Å². The molecule has 0 spiro atoms. The van der Waals surface area contributed by atoms with Gasteiger partial charge >= 0.3 is 0 Å². The van der Waals surface area contributed by atoms with E-state index in [0.29, 0.717) is 0 Å². The molecule has 1 saturated heterocycles. The van der Waals surface area contributed by atoms with Crippen LogP contribution in [-0.4, -0.2) is 24.8 Å². The van der Waals surface area contributed by atoms with Gasteiger partial charge in [0, 0.05) is 12.0 Å². The van der Waals surface area contributed by atoms with Crippen LogP contribution in [0.1, 0.15) is 12.0 Å². The highest BCUT2D eigenvalue weighted by Crippen LogP contribution is 2.29. The Balaban J connectivity index is 2.31. The fraction of sp³-hybridized carbons (Fsp3) is 0.455. The molecule has 1 atom stereocenters. The van der Waals surface area contributed by atoms with Gasteiger partial charge in [-0.25, -0.2) is 0 Å². The van der Waals surface area contributed by atoms with E-state index < -0.39 is 0 Å². The van der Waals surface area contributed by atoms with Gasteiger partial charge in [-0.05, 0) is 18.5 Å². The lowest BCUT2D eigenvalue weighted by Crippen LogP contribution is -2.32. The van der Waals surface area contributed by atoms with E-state index in [1.54, 1.807) is 0 Å². The molecule has 0 aromatic heterocycles. The summed E-state index contributed by atoms with van der Waals surface area (Å²) in [6.07, 6.45) is 1.04. The van der Waals surface area contributed by atoms with Crippen molar-refractivity contribution in [2.24, 2.45) is 0 Å². The summed E-state index contributed by atoms with van der Waals surface area (Å²) >= 11 is 0. The normalized spacial score (nSPS) is 27.8. The maximum absolute atomic E-state index is 9.43. The van der Waals surface area contributed by atoms with Gasteiger partial charge in [0.25, 0.3) is 0 Å². The molecule has 1 aliphatic heterocycles. The van der Waals surface area contributed by atoms with Crippen molar-refractivity contribution in [3.05, 3.63) is 35.9 Å². The van der Waals surface area contributed by atoms with Crippen LogP contribution in [0.15, 0.2) is 30.3 Å². The largest absolute Gasteiger partial charge is 0.395 e. The van der Waals surface area contributed by atoms with Crippen molar-refractivity contribution in [1.29, 1.82) is 0 Å². The van der Waals surface area contributed by atoms with E-state index in [9.17, 15) is 5.11 Å². The number of rotatable bonds is 2.